The van der Waals surface area contributed by atoms with Gasteiger partial charge >= 0.3 is 5.97 Å². The molecule has 1 rings (SSSR count). The van der Waals surface area contributed by atoms with Crippen molar-refractivity contribution in [1.29, 1.82) is 0 Å². The number of rotatable bonds is 9. The van der Waals surface area contributed by atoms with Gasteiger partial charge in [0.1, 0.15) is 0 Å². The summed E-state index contributed by atoms with van der Waals surface area (Å²) < 4.78 is 4.58. The van der Waals surface area contributed by atoms with Crippen molar-refractivity contribution in [1.82, 2.24) is 4.98 Å². The second-order valence-electron chi connectivity index (χ2n) is 4.77. The highest BCUT2D eigenvalue weighted by Gasteiger charge is 2.17. The second kappa shape index (κ2) is 9.07. The third kappa shape index (κ3) is 5.82. The first-order valence-electron chi connectivity index (χ1n) is 6.91. The van der Waals surface area contributed by atoms with Crippen molar-refractivity contribution in [2.75, 3.05) is 7.11 Å². The Labute approximate surface area is 119 Å². The normalized spacial score (nSPS) is 11.8. The molecule has 0 spiro atoms. The van der Waals surface area contributed by atoms with Gasteiger partial charge in [-0.3, -0.25) is 14.6 Å². The van der Waals surface area contributed by atoms with Crippen LogP contribution in [0.3, 0.4) is 0 Å². The number of aromatic nitrogens is 1. The molecule has 0 aliphatic heterocycles. The molecule has 0 saturated heterocycles. The molecule has 1 amide bonds. The first kappa shape index (κ1) is 16.1. The van der Waals surface area contributed by atoms with Crippen molar-refractivity contribution in [3.63, 3.8) is 0 Å². The van der Waals surface area contributed by atoms with Crippen LogP contribution in [-0.2, 0) is 14.3 Å². The van der Waals surface area contributed by atoms with Gasteiger partial charge in [0.25, 0.3) is 0 Å². The van der Waals surface area contributed by atoms with Crippen molar-refractivity contribution in [2.24, 2.45) is 5.73 Å². The minimum atomic E-state index is -0.312. The maximum atomic E-state index is 11.5. The first-order valence-corrected chi connectivity index (χ1v) is 6.91. The van der Waals surface area contributed by atoms with E-state index in [1.807, 2.05) is 12.1 Å². The number of esters is 1. The molecule has 1 heterocycles. The third-order valence-corrected chi connectivity index (χ3v) is 3.28. The van der Waals surface area contributed by atoms with Crippen LogP contribution in [0, 0.1) is 0 Å². The molecule has 0 saturated carbocycles. The number of carbonyl (C=O) groups excluding carboxylic acids is 2. The average molecular weight is 278 g/mol. The highest BCUT2D eigenvalue weighted by atomic mass is 16.5. The number of amides is 1. The molecule has 0 bridgehead atoms. The number of nitrogens with zero attached hydrogens (tertiary/aromatic N) is 1. The number of nitrogens with two attached hydrogens (primary N) is 1. The minimum absolute atomic E-state index is 0.171. The molecule has 110 valence electrons. The van der Waals surface area contributed by atoms with Gasteiger partial charge in [-0.05, 0) is 24.5 Å². The molecule has 0 aliphatic carbocycles. The Morgan fingerprint density at radius 3 is 2.65 bits per heavy atom. The van der Waals surface area contributed by atoms with E-state index in [4.69, 9.17) is 5.73 Å². The van der Waals surface area contributed by atoms with Crippen LogP contribution in [0.5, 0.6) is 0 Å². The van der Waals surface area contributed by atoms with Crippen LogP contribution in [0.4, 0.5) is 0 Å². The van der Waals surface area contributed by atoms with Crippen LogP contribution in [0.2, 0.25) is 0 Å². The predicted molar refractivity (Wildman–Crippen MR) is 75.9 cm³/mol. The van der Waals surface area contributed by atoms with Gasteiger partial charge in [-0.2, -0.15) is 0 Å². The summed E-state index contributed by atoms with van der Waals surface area (Å²) in [5, 5.41) is 0. The van der Waals surface area contributed by atoms with Crippen molar-refractivity contribution in [3.8, 4) is 0 Å². The maximum Gasteiger partial charge on any atom is 0.305 e. The Balaban J connectivity index is 2.28. The predicted octanol–water partition coefficient (Wildman–Crippen LogP) is 2.16. The van der Waals surface area contributed by atoms with E-state index in [9.17, 15) is 9.59 Å². The maximum absolute atomic E-state index is 11.5. The molecular weight excluding hydrogens is 256 g/mol. The fraction of sp³-hybridized carbons (Fsp3) is 0.533. The number of carbonyl (C=O) groups is 2. The Kier molecular flexibility index (Phi) is 7.32. The molecule has 1 unspecified atom stereocenters. The van der Waals surface area contributed by atoms with E-state index in [0.717, 1.165) is 37.7 Å². The summed E-state index contributed by atoms with van der Waals surface area (Å²) in [6.45, 7) is 0. The highest BCUT2D eigenvalue weighted by Crippen LogP contribution is 2.21. The van der Waals surface area contributed by atoms with E-state index in [1.54, 1.807) is 12.4 Å². The van der Waals surface area contributed by atoms with E-state index in [0.29, 0.717) is 6.42 Å². The first-order chi connectivity index (χ1) is 9.65. The quantitative estimate of drug-likeness (QED) is 0.554. The SMILES string of the molecule is COC(=O)CCCCCCC(C(N)=O)c1cccnc1. The lowest BCUT2D eigenvalue weighted by Crippen LogP contribution is -2.21. The zero-order chi connectivity index (χ0) is 14.8. The second-order valence-corrected chi connectivity index (χ2v) is 4.77. The highest BCUT2D eigenvalue weighted by molar-refractivity contribution is 5.81. The molecule has 5 heteroatoms. The molecule has 1 aromatic rings. The topological polar surface area (TPSA) is 82.3 Å². The summed E-state index contributed by atoms with van der Waals surface area (Å²) in [6, 6.07) is 3.68. The summed E-state index contributed by atoms with van der Waals surface area (Å²) >= 11 is 0. The van der Waals surface area contributed by atoms with Gasteiger partial charge in [0.2, 0.25) is 5.91 Å². The molecule has 1 atom stereocenters. The van der Waals surface area contributed by atoms with Gasteiger partial charge in [-0.1, -0.05) is 25.3 Å². The Hall–Kier alpha value is -1.91. The van der Waals surface area contributed by atoms with Gasteiger partial charge in [-0.15, -0.1) is 0 Å². The number of primary amides is 1. The van der Waals surface area contributed by atoms with Gasteiger partial charge < -0.3 is 10.5 Å². The smallest absolute Gasteiger partial charge is 0.305 e. The van der Waals surface area contributed by atoms with Crippen LogP contribution in [0.1, 0.15) is 50.0 Å². The minimum Gasteiger partial charge on any atom is -0.469 e. The molecule has 2 N–H and O–H groups in total. The van der Waals surface area contributed by atoms with Crippen LogP contribution in [0.15, 0.2) is 24.5 Å². The summed E-state index contributed by atoms with van der Waals surface area (Å²) in [5.74, 6) is -0.757. The lowest BCUT2D eigenvalue weighted by Gasteiger charge is -2.12. The van der Waals surface area contributed by atoms with Crippen molar-refractivity contribution < 1.29 is 14.3 Å². The molecule has 0 fully saturated rings. The Bertz CT molecular complexity index is 420. The zero-order valence-electron chi connectivity index (χ0n) is 11.9. The lowest BCUT2D eigenvalue weighted by atomic mass is 9.93. The monoisotopic (exact) mass is 278 g/mol. The molecule has 5 nitrogen and oxygen atoms in total. The number of ether oxygens (including phenoxy) is 1. The molecule has 1 aromatic heterocycles. The van der Waals surface area contributed by atoms with Crippen molar-refractivity contribution >= 4 is 11.9 Å². The number of unbranched alkanes of at least 4 members (excludes halogenated alkanes) is 3. The molecule has 0 aliphatic rings. The van der Waals surface area contributed by atoms with Crippen LogP contribution >= 0.6 is 0 Å². The van der Waals surface area contributed by atoms with E-state index in [-0.39, 0.29) is 17.8 Å². The largest absolute Gasteiger partial charge is 0.469 e. The number of pyridine rings is 1. The lowest BCUT2D eigenvalue weighted by molar-refractivity contribution is -0.140. The van der Waals surface area contributed by atoms with Crippen molar-refractivity contribution in [3.05, 3.63) is 30.1 Å². The van der Waals surface area contributed by atoms with Crippen LogP contribution in [0.25, 0.3) is 0 Å². The Morgan fingerprint density at radius 1 is 1.30 bits per heavy atom. The molecule has 20 heavy (non-hydrogen) atoms. The summed E-state index contributed by atoms with van der Waals surface area (Å²) in [6.07, 6.45) is 8.19. The number of methoxy groups -OCH3 is 1. The molecule has 0 aromatic carbocycles. The number of hydrogen-bond acceptors (Lipinski definition) is 4. The fourth-order valence-corrected chi connectivity index (χ4v) is 2.13. The zero-order valence-corrected chi connectivity index (χ0v) is 11.9. The van der Waals surface area contributed by atoms with Crippen molar-refractivity contribution in [2.45, 2.75) is 44.4 Å². The summed E-state index contributed by atoms with van der Waals surface area (Å²) in [5.41, 5.74) is 6.31. The van der Waals surface area contributed by atoms with Gasteiger partial charge in [0.15, 0.2) is 0 Å². The van der Waals surface area contributed by atoms with Crippen LogP contribution < -0.4 is 5.73 Å². The van der Waals surface area contributed by atoms with E-state index < -0.39 is 0 Å². The molecular formula is C15H22N2O3. The van der Waals surface area contributed by atoms with Crippen LogP contribution in [-0.4, -0.2) is 24.0 Å². The molecule has 0 radical (unpaired) electrons. The fourth-order valence-electron chi connectivity index (χ4n) is 2.13. The van der Waals surface area contributed by atoms with E-state index in [1.165, 1.54) is 7.11 Å². The number of hydrogen-bond donors (Lipinski definition) is 1. The van der Waals surface area contributed by atoms with Gasteiger partial charge in [0, 0.05) is 18.8 Å². The Morgan fingerprint density at radius 2 is 2.05 bits per heavy atom. The standard InChI is InChI=1S/C15H22N2O3/c1-20-14(18)9-5-3-2-4-8-13(15(16)19)12-7-6-10-17-11-12/h6-7,10-11,13H,2-5,8-9H2,1H3,(H2,16,19). The average Bonchev–Trinajstić information content (AvgIpc) is 2.46. The summed E-state index contributed by atoms with van der Waals surface area (Å²) in [4.78, 5) is 26.4. The van der Waals surface area contributed by atoms with E-state index >= 15 is 0 Å². The third-order valence-electron chi connectivity index (χ3n) is 3.28. The summed E-state index contributed by atoms with van der Waals surface area (Å²) in [7, 11) is 1.40. The van der Waals surface area contributed by atoms with Gasteiger partial charge in [0.05, 0.1) is 13.0 Å². The van der Waals surface area contributed by atoms with Gasteiger partial charge in [-0.25, -0.2) is 0 Å². The van der Waals surface area contributed by atoms with E-state index in [2.05, 4.69) is 9.72 Å².